The maximum absolute atomic E-state index is 13.2. The van der Waals surface area contributed by atoms with Gasteiger partial charge < -0.3 is 19.4 Å². The minimum Gasteiger partial charge on any atom is -0.476 e. The van der Waals surface area contributed by atoms with Crippen LogP contribution in [0, 0.1) is 0 Å². The van der Waals surface area contributed by atoms with Gasteiger partial charge in [-0.25, -0.2) is 9.97 Å². The molecule has 160 valence electrons. The fourth-order valence-corrected chi connectivity index (χ4v) is 4.21. The van der Waals surface area contributed by atoms with Gasteiger partial charge >= 0.3 is 0 Å². The smallest absolute Gasteiger partial charge is 0.265 e. The van der Waals surface area contributed by atoms with Gasteiger partial charge in [-0.15, -0.1) is 0 Å². The van der Waals surface area contributed by atoms with Crippen molar-refractivity contribution in [2.24, 2.45) is 7.05 Å². The third-order valence-electron chi connectivity index (χ3n) is 5.83. The van der Waals surface area contributed by atoms with Gasteiger partial charge in [-0.2, -0.15) is 5.10 Å². The number of rotatable bonds is 2. The van der Waals surface area contributed by atoms with E-state index < -0.39 is 6.10 Å². The molecule has 0 saturated carbocycles. The van der Waals surface area contributed by atoms with E-state index in [-0.39, 0.29) is 18.4 Å². The molecule has 2 aliphatic heterocycles. The molecule has 10 nitrogen and oxygen atoms in total. The van der Waals surface area contributed by atoms with E-state index in [1.807, 2.05) is 25.2 Å². The van der Waals surface area contributed by atoms with Crippen molar-refractivity contribution >= 4 is 34.4 Å². The second-order valence-corrected chi connectivity index (χ2v) is 7.72. The quantitative estimate of drug-likeness (QED) is 0.605. The van der Waals surface area contributed by atoms with Crippen LogP contribution in [0.5, 0.6) is 5.75 Å². The molecule has 0 bridgehead atoms. The van der Waals surface area contributed by atoms with Gasteiger partial charge in [0.25, 0.3) is 5.91 Å². The topological polar surface area (TPSA) is 96.7 Å². The molecule has 2 amide bonds. The van der Waals surface area contributed by atoms with Crippen molar-refractivity contribution in [3.63, 3.8) is 0 Å². The fraction of sp³-hybridized carbons (Fsp3) is 0.381. The lowest BCUT2D eigenvalue weighted by atomic mass is 10.1. The van der Waals surface area contributed by atoms with E-state index in [4.69, 9.17) is 4.74 Å². The molecule has 0 spiro atoms. The van der Waals surface area contributed by atoms with Crippen molar-refractivity contribution < 1.29 is 14.3 Å². The lowest BCUT2D eigenvalue weighted by Gasteiger charge is -2.39. The number of ether oxygens (including phenoxy) is 1. The van der Waals surface area contributed by atoms with Crippen LogP contribution >= 0.6 is 0 Å². The number of hydrogen-bond donors (Lipinski definition) is 0. The Morgan fingerprint density at radius 2 is 1.87 bits per heavy atom. The molecule has 0 N–H and O–H groups in total. The largest absolute Gasteiger partial charge is 0.476 e. The number of carbonyl (C=O) groups is 2. The normalized spacial score (nSPS) is 18.6. The summed E-state index contributed by atoms with van der Waals surface area (Å²) in [5, 5.41) is 5.17. The van der Waals surface area contributed by atoms with Crippen LogP contribution in [0.25, 0.3) is 11.0 Å². The summed E-state index contributed by atoms with van der Waals surface area (Å²) in [6.45, 7) is 4.11. The summed E-state index contributed by atoms with van der Waals surface area (Å²) in [5.74, 6) is 1.17. The number of hydrogen-bond acceptors (Lipinski definition) is 7. The minimum absolute atomic E-state index is 0.102. The molecule has 2 aliphatic rings. The van der Waals surface area contributed by atoms with Gasteiger partial charge in [0.2, 0.25) is 5.91 Å². The standard InChI is InChI=1S/C21H23N7O3/c1-14(29)28-12-18(31-17-6-4-3-5-16(17)28)21(30)27-9-7-26(8-10-27)20-15-11-24-25(2)19(15)22-13-23-20/h3-6,11,13,18H,7-10,12H2,1-2H3. The minimum atomic E-state index is -0.713. The first kappa shape index (κ1) is 19.3. The Morgan fingerprint density at radius 1 is 1.10 bits per heavy atom. The SMILES string of the molecule is CC(=O)N1CC(C(=O)N2CCN(c3ncnc4c3cnn4C)CC2)Oc2ccccc21. The molecule has 1 aromatic carbocycles. The number of benzene rings is 1. The van der Waals surface area contributed by atoms with E-state index in [0.29, 0.717) is 37.6 Å². The highest BCUT2D eigenvalue weighted by atomic mass is 16.5. The lowest BCUT2D eigenvalue weighted by molar-refractivity contribution is -0.139. The van der Waals surface area contributed by atoms with Gasteiger partial charge in [-0.05, 0) is 12.1 Å². The van der Waals surface area contributed by atoms with E-state index in [1.54, 1.807) is 33.1 Å². The number of para-hydroxylation sites is 2. The molecular formula is C21H23N7O3. The van der Waals surface area contributed by atoms with Crippen LogP contribution in [0.15, 0.2) is 36.8 Å². The highest BCUT2D eigenvalue weighted by Gasteiger charge is 2.36. The maximum Gasteiger partial charge on any atom is 0.265 e. The molecule has 31 heavy (non-hydrogen) atoms. The Morgan fingerprint density at radius 3 is 2.65 bits per heavy atom. The summed E-state index contributed by atoms with van der Waals surface area (Å²) in [4.78, 5) is 39.6. The lowest BCUT2D eigenvalue weighted by Crippen LogP contribution is -2.56. The molecule has 10 heteroatoms. The summed E-state index contributed by atoms with van der Waals surface area (Å²) in [5.41, 5.74) is 1.48. The molecule has 1 fully saturated rings. The predicted molar refractivity (Wildman–Crippen MR) is 114 cm³/mol. The van der Waals surface area contributed by atoms with Gasteiger partial charge in [0.15, 0.2) is 11.8 Å². The number of aromatic nitrogens is 4. The summed E-state index contributed by atoms with van der Waals surface area (Å²) >= 11 is 0. The van der Waals surface area contributed by atoms with Crippen LogP contribution in [-0.4, -0.2) is 75.3 Å². The Kier molecular flexibility index (Phi) is 4.68. The zero-order valence-corrected chi connectivity index (χ0v) is 17.4. The highest BCUT2D eigenvalue weighted by molar-refractivity contribution is 5.96. The molecule has 0 aliphatic carbocycles. The summed E-state index contributed by atoms with van der Waals surface area (Å²) < 4.78 is 7.69. The third-order valence-corrected chi connectivity index (χ3v) is 5.83. The van der Waals surface area contributed by atoms with Crippen molar-refractivity contribution in [3.8, 4) is 5.75 Å². The number of nitrogens with zero attached hydrogens (tertiary/aromatic N) is 7. The van der Waals surface area contributed by atoms with Crippen molar-refractivity contribution in [2.45, 2.75) is 13.0 Å². The zero-order chi connectivity index (χ0) is 21.5. The molecule has 1 saturated heterocycles. The number of anilines is 2. The molecule has 1 unspecified atom stereocenters. The molecule has 5 rings (SSSR count). The van der Waals surface area contributed by atoms with Gasteiger partial charge in [0.05, 0.1) is 23.8 Å². The first-order chi connectivity index (χ1) is 15.0. The van der Waals surface area contributed by atoms with Crippen LogP contribution in [0.1, 0.15) is 6.92 Å². The first-order valence-electron chi connectivity index (χ1n) is 10.2. The third kappa shape index (κ3) is 3.33. The second kappa shape index (κ2) is 7.53. The molecule has 2 aromatic heterocycles. The molecule has 1 atom stereocenters. The van der Waals surface area contributed by atoms with E-state index in [1.165, 1.54) is 6.92 Å². The second-order valence-electron chi connectivity index (χ2n) is 7.72. The van der Waals surface area contributed by atoms with Gasteiger partial charge in [-0.3, -0.25) is 14.3 Å². The number of fused-ring (bicyclic) bond motifs is 2. The monoisotopic (exact) mass is 421 g/mol. The van der Waals surface area contributed by atoms with Crippen molar-refractivity contribution in [1.82, 2.24) is 24.6 Å². The molecule has 3 aromatic rings. The summed E-state index contributed by atoms with van der Waals surface area (Å²) in [6, 6.07) is 7.31. The molecule has 0 radical (unpaired) electrons. The van der Waals surface area contributed by atoms with E-state index in [9.17, 15) is 9.59 Å². The van der Waals surface area contributed by atoms with Crippen molar-refractivity contribution in [1.29, 1.82) is 0 Å². The Bertz CT molecular complexity index is 1150. The first-order valence-corrected chi connectivity index (χ1v) is 10.2. The Labute approximate surface area is 179 Å². The summed E-state index contributed by atoms with van der Waals surface area (Å²) in [6.07, 6.45) is 2.60. The Balaban J connectivity index is 1.30. The molecular weight excluding hydrogens is 398 g/mol. The molecule has 4 heterocycles. The van der Waals surface area contributed by atoms with Crippen LogP contribution in [0.4, 0.5) is 11.5 Å². The van der Waals surface area contributed by atoms with Crippen LogP contribution < -0.4 is 14.5 Å². The predicted octanol–water partition coefficient (Wildman–Crippen LogP) is 0.826. The number of piperazine rings is 1. The highest BCUT2D eigenvalue weighted by Crippen LogP contribution is 2.33. The summed E-state index contributed by atoms with van der Waals surface area (Å²) in [7, 11) is 1.85. The zero-order valence-electron chi connectivity index (χ0n) is 17.4. The van der Waals surface area contributed by atoms with Crippen LogP contribution in [0.2, 0.25) is 0 Å². The number of carbonyl (C=O) groups excluding carboxylic acids is 2. The average molecular weight is 421 g/mol. The van der Waals surface area contributed by atoms with Crippen molar-refractivity contribution in [3.05, 3.63) is 36.8 Å². The fourth-order valence-electron chi connectivity index (χ4n) is 4.21. The number of amides is 2. The average Bonchev–Trinajstić information content (AvgIpc) is 3.19. The van der Waals surface area contributed by atoms with E-state index >= 15 is 0 Å². The Hall–Kier alpha value is -3.69. The van der Waals surface area contributed by atoms with Crippen molar-refractivity contribution in [2.75, 3.05) is 42.5 Å². The van der Waals surface area contributed by atoms with Crippen LogP contribution in [0.3, 0.4) is 0 Å². The maximum atomic E-state index is 13.2. The van der Waals surface area contributed by atoms with E-state index in [2.05, 4.69) is 20.0 Å². The van der Waals surface area contributed by atoms with Gasteiger partial charge in [0.1, 0.15) is 17.9 Å². The van der Waals surface area contributed by atoms with E-state index in [0.717, 1.165) is 16.9 Å². The van der Waals surface area contributed by atoms with Crippen LogP contribution in [-0.2, 0) is 16.6 Å². The number of aryl methyl sites for hydroxylation is 1. The van der Waals surface area contributed by atoms with Gasteiger partial charge in [-0.1, -0.05) is 12.1 Å². The van der Waals surface area contributed by atoms with Gasteiger partial charge in [0, 0.05) is 40.2 Å².